The van der Waals surface area contributed by atoms with Gasteiger partial charge in [-0.15, -0.1) is 0 Å². The van der Waals surface area contributed by atoms with Gasteiger partial charge in [0.25, 0.3) is 11.8 Å². The van der Waals surface area contributed by atoms with E-state index in [1.54, 1.807) is 24.3 Å². The Kier molecular flexibility index (Phi) is 5.19. The summed E-state index contributed by atoms with van der Waals surface area (Å²) in [4.78, 5) is 38.6. The summed E-state index contributed by atoms with van der Waals surface area (Å²) in [5, 5.41) is 0. The lowest BCUT2D eigenvalue weighted by molar-refractivity contribution is -0.145. The number of hydrogen-bond donors (Lipinski definition) is 1. The summed E-state index contributed by atoms with van der Waals surface area (Å²) in [6, 6.07) is 11.5. The van der Waals surface area contributed by atoms with Gasteiger partial charge in [0.05, 0.1) is 24.5 Å². The maximum Gasteiger partial charge on any atom is 0.329 e. The van der Waals surface area contributed by atoms with Gasteiger partial charge in [0.15, 0.2) is 0 Å². The molecule has 1 aliphatic heterocycles. The Morgan fingerprint density at radius 3 is 2.04 bits per heavy atom. The van der Waals surface area contributed by atoms with Crippen molar-refractivity contribution in [2.75, 3.05) is 18.1 Å². The second kappa shape index (κ2) is 7.43. The van der Waals surface area contributed by atoms with Crippen molar-refractivity contribution in [1.82, 2.24) is 4.90 Å². The third kappa shape index (κ3) is 3.89. The molecule has 0 spiro atoms. The van der Waals surface area contributed by atoms with Gasteiger partial charge in [-0.25, -0.2) is 13.2 Å². The number of nitrogens with one attached hydrogen (secondary N) is 1. The fourth-order valence-electron chi connectivity index (χ4n) is 3.05. The topological polar surface area (TPSA) is 110 Å². The molecule has 1 atom stereocenters. The van der Waals surface area contributed by atoms with Crippen molar-refractivity contribution in [3.8, 4) is 0 Å². The molecular weight excluding hydrogens is 384 g/mol. The van der Waals surface area contributed by atoms with E-state index in [0.29, 0.717) is 11.3 Å². The summed E-state index contributed by atoms with van der Waals surface area (Å²) < 4.78 is 29.7. The van der Waals surface area contributed by atoms with Crippen LogP contribution in [0.15, 0.2) is 48.5 Å². The zero-order chi connectivity index (χ0) is 20.5. The van der Waals surface area contributed by atoms with Crippen LogP contribution >= 0.6 is 0 Å². The number of anilines is 1. The molecule has 146 valence electrons. The molecule has 2 amide bonds. The molecule has 0 radical (unpaired) electrons. The van der Waals surface area contributed by atoms with Crippen LogP contribution in [0.3, 0.4) is 0 Å². The lowest BCUT2D eigenvalue weighted by Crippen LogP contribution is -2.46. The predicted octanol–water partition coefficient (Wildman–Crippen LogP) is 1.44. The molecule has 3 rings (SSSR count). The Morgan fingerprint density at radius 2 is 1.57 bits per heavy atom. The van der Waals surface area contributed by atoms with Gasteiger partial charge in [0.1, 0.15) is 6.04 Å². The number of sulfonamides is 1. The van der Waals surface area contributed by atoms with Crippen LogP contribution in [0.5, 0.6) is 0 Å². The van der Waals surface area contributed by atoms with Gasteiger partial charge >= 0.3 is 5.97 Å². The first-order chi connectivity index (χ1) is 13.2. The maximum absolute atomic E-state index is 12.7. The van der Waals surface area contributed by atoms with Crippen molar-refractivity contribution in [3.63, 3.8) is 0 Å². The first kappa shape index (κ1) is 19.6. The number of rotatable bonds is 6. The van der Waals surface area contributed by atoms with Crippen LogP contribution in [0.4, 0.5) is 5.69 Å². The molecule has 0 saturated carbocycles. The van der Waals surface area contributed by atoms with Crippen molar-refractivity contribution in [2.45, 2.75) is 12.5 Å². The molecule has 0 aromatic heterocycles. The lowest BCUT2D eigenvalue weighted by Gasteiger charge is -2.24. The lowest BCUT2D eigenvalue weighted by atomic mass is 10.0. The number of esters is 1. The maximum atomic E-state index is 12.7. The summed E-state index contributed by atoms with van der Waals surface area (Å²) in [6.45, 7) is 0. The summed E-state index contributed by atoms with van der Waals surface area (Å²) in [5.41, 5.74) is 1.48. The second-order valence-corrected chi connectivity index (χ2v) is 8.09. The van der Waals surface area contributed by atoms with Gasteiger partial charge in [-0.3, -0.25) is 19.2 Å². The Balaban J connectivity index is 1.87. The Labute approximate surface area is 162 Å². The number of hydrogen-bond acceptors (Lipinski definition) is 6. The smallest absolute Gasteiger partial charge is 0.329 e. The molecule has 28 heavy (non-hydrogen) atoms. The third-order valence-electron chi connectivity index (χ3n) is 4.30. The quantitative estimate of drug-likeness (QED) is 0.578. The summed E-state index contributed by atoms with van der Waals surface area (Å²) >= 11 is 0. The van der Waals surface area contributed by atoms with Crippen LogP contribution in [0.1, 0.15) is 26.3 Å². The minimum atomic E-state index is -3.41. The van der Waals surface area contributed by atoms with Gasteiger partial charge < -0.3 is 4.74 Å². The van der Waals surface area contributed by atoms with Crippen LogP contribution in [-0.4, -0.2) is 50.5 Å². The second-order valence-electron chi connectivity index (χ2n) is 6.34. The number of ether oxygens (including phenoxy) is 1. The molecule has 2 aromatic rings. The molecule has 0 bridgehead atoms. The highest BCUT2D eigenvalue weighted by atomic mass is 32.2. The average Bonchev–Trinajstić information content (AvgIpc) is 2.90. The first-order valence-corrected chi connectivity index (χ1v) is 10.2. The third-order valence-corrected chi connectivity index (χ3v) is 4.90. The van der Waals surface area contributed by atoms with Crippen LogP contribution in [0.25, 0.3) is 0 Å². The van der Waals surface area contributed by atoms with E-state index >= 15 is 0 Å². The van der Waals surface area contributed by atoms with E-state index in [9.17, 15) is 22.8 Å². The Morgan fingerprint density at radius 1 is 1.04 bits per heavy atom. The van der Waals surface area contributed by atoms with Crippen molar-refractivity contribution >= 4 is 33.5 Å². The zero-order valence-corrected chi connectivity index (χ0v) is 16.0. The molecule has 1 aliphatic rings. The minimum Gasteiger partial charge on any atom is -0.467 e. The van der Waals surface area contributed by atoms with E-state index in [4.69, 9.17) is 4.74 Å². The van der Waals surface area contributed by atoms with E-state index in [1.165, 1.54) is 31.4 Å². The molecule has 1 heterocycles. The average molecular weight is 402 g/mol. The van der Waals surface area contributed by atoms with Gasteiger partial charge in [0.2, 0.25) is 10.0 Å². The minimum absolute atomic E-state index is 0.0390. The van der Waals surface area contributed by atoms with Crippen LogP contribution in [0, 0.1) is 0 Å². The monoisotopic (exact) mass is 402 g/mol. The van der Waals surface area contributed by atoms with E-state index < -0.39 is 33.8 Å². The Hall–Kier alpha value is -3.20. The highest BCUT2D eigenvalue weighted by molar-refractivity contribution is 7.92. The van der Waals surface area contributed by atoms with Gasteiger partial charge in [-0.1, -0.05) is 24.3 Å². The molecule has 9 heteroatoms. The highest BCUT2D eigenvalue weighted by Crippen LogP contribution is 2.26. The van der Waals surface area contributed by atoms with Gasteiger partial charge in [-0.05, 0) is 29.8 Å². The molecule has 0 fully saturated rings. The molecular formula is C19H18N2O6S. The van der Waals surface area contributed by atoms with E-state index in [-0.39, 0.29) is 17.5 Å². The number of nitrogens with zero attached hydrogens (tertiary/aromatic N) is 1. The molecule has 1 N–H and O–H groups in total. The predicted molar refractivity (Wildman–Crippen MR) is 101 cm³/mol. The number of carbonyl (C=O) groups is 3. The SMILES string of the molecule is COC(=O)[C@H](Cc1ccc(NS(C)(=O)=O)cc1)N1C(=O)c2ccccc2C1=O. The van der Waals surface area contributed by atoms with Crippen molar-refractivity contribution in [3.05, 3.63) is 65.2 Å². The molecule has 2 aromatic carbocycles. The number of carbonyl (C=O) groups excluding carboxylic acids is 3. The Bertz CT molecular complexity index is 1010. The van der Waals surface area contributed by atoms with Crippen molar-refractivity contribution < 1.29 is 27.5 Å². The number of amides is 2. The zero-order valence-electron chi connectivity index (χ0n) is 15.2. The summed E-state index contributed by atoms with van der Waals surface area (Å²) in [5.74, 6) is -1.81. The van der Waals surface area contributed by atoms with Crippen molar-refractivity contribution in [1.29, 1.82) is 0 Å². The number of methoxy groups -OCH3 is 1. The summed E-state index contributed by atoms with van der Waals surface area (Å²) in [7, 11) is -2.22. The number of fused-ring (bicyclic) bond motifs is 1. The fourth-order valence-corrected chi connectivity index (χ4v) is 3.62. The largest absolute Gasteiger partial charge is 0.467 e. The first-order valence-electron chi connectivity index (χ1n) is 8.33. The normalized spacial score (nSPS) is 14.6. The van der Waals surface area contributed by atoms with E-state index in [2.05, 4.69) is 4.72 Å². The highest BCUT2D eigenvalue weighted by Gasteiger charge is 2.43. The number of benzene rings is 2. The molecule has 0 unspecified atom stereocenters. The van der Waals surface area contributed by atoms with Crippen LogP contribution in [-0.2, 0) is 26.0 Å². The van der Waals surface area contributed by atoms with Crippen molar-refractivity contribution in [2.24, 2.45) is 0 Å². The molecule has 0 saturated heterocycles. The van der Waals surface area contributed by atoms with Gasteiger partial charge in [0, 0.05) is 12.1 Å². The number of imide groups is 1. The standard InChI is InChI=1S/C19H18N2O6S/c1-27-19(24)16(11-12-7-9-13(10-8-12)20-28(2,25)26)21-17(22)14-5-3-4-6-15(14)18(21)23/h3-10,16,20H,11H2,1-2H3/t16-/m0/s1. The van der Waals surface area contributed by atoms with Crippen LogP contribution < -0.4 is 4.72 Å². The van der Waals surface area contributed by atoms with Crippen LogP contribution in [0.2, 0.25) is 0 Å². The fraction of sp³-hybridized carbons (Fsp3) is 0.211. The van der Waals surface area contributed by atoms with Gasteiger partial charge in [-0.2, -0.15) is 0 Å². The molecule has 8 nitrogen and oxygen atoms in total. The van der Waals surface area contributed by atoms with E-state index in [1.807, 2.05) is 0 Å². The van der Waals surface area contributed by atoms with E-state index in [0.717, 1.165) is 11.2 Å². The summed E-state index contributed by atoms with van der Waals surface area (Å²) in [6.07, 6.45) is 1.08. The molecule has 0 aliphatic carbocycles.